The molecule has 1 N–H and O–H groups in total. The van der Waals surface area contributed by atoms with Crippen molar-refractivity contribution in [3.05, 3.63) is 28.3 Å². The third-order valence-electron chi connectivity index (χ3n) is 2.61. The smallest absolute Gasteiger partial charge is 0.303 e. The van der Waals surface area contributed by atoms with Crippen molar-refractivity contribution in [2.75, 3.05) is 7.11 Å². The van der Waals surface area contributed by atoms with Crippen LogP contribution in [0.2, 0.25) is 5.02 Å². The van der Waals surface area contributed by atoms with Crippen LogP contribution in [0.5, 0.6) is 5.75 Å². The number of carbonyl (C=O) groups is 1. The molecule has 0 saturated heterocycles. The minimum atomic E-state index is -0.751. The van der Waals surface area contributed by atoms with Crippen molar-refractivity contribution in [1.82, 2.24) is 0 Å². The summed E-state index contributed by atoms with van der Waals surface area (Å²) in [6.07, 6.45) is 2.49. The molecule has 1 rings (SSSR count). The quantitative estimate of drug-likeness (QED) is 0.793. The van der Waals surface area contributed by atoms with Gasteiger partial charge in [-0.1, -0.05) is 11.6 Å². The molecule has 0 aliphatic rings. The number of hydrogen-bond acceptors (Lipinski definition) is 2. The molecular weight excluding hydrogens is 240 g/mol. The highest BCUT2D eigenvalue weighted by atomic mass is 35.5. The van der Waals surface area contributed by atoms with Crippen molar-refractivity contribution in [1.29, 1.82) is 0 Å². The number of ether oxygens (including phenoxy) is 1. The fourth-order valence-electron chi connectivity index (χ4n) is 1.87. The Morgan fingerprint density at radius 2 is 2.12 bits per heavy atom. The SMILES string of the molecule is COc1c(C)cc(Cl)cc1CCCCC(=O)O. The Hall–Kier alpha value is -1.22. The van der Waals surface area contributed by atoms with Gasteiger partial charge in [0.2, 0.25) is 0 Å². The Balaban J connectivity index is 2.66. The van der Waals surface area contributed by atoms with E-state index in [9.17, 15) is 4.79 Å². The largest absolute Gasteiger partial charge is 0.496 e. The van der Waals surface area contributed by atoms with Crippen LogP contribution in [0.1, 0.15) is 30.4 Å². The number of rotatable bonds is 6. The molecule has 0 amide bonds. The molecule has 0 aliphatic heterocycles. The molecule has 0 fully saturated rings. The van der Waals surface area contributed by atoms with E-state index in [1.807, 2.05) is 19.1 Å². The maximum absolute atomic E-state index is 10.4. The third-order valence-corrected chi connectivity index (χ3v) is 2.83. The van der Waals surface area contributed by atoms with E-state index in [-0.39, 0.29) is 6.42 Å². The molecule has 0 bridgehead atoms. The van der Waals surface area contributed by atoms with Crippen molar-refractivity contribution < 1.29 is 14.6 Å². The minimum Gasteiger partial charge on any atom is -0.496 e. The second kappa shape index (κ2) is 6.50. The number of benzene rings is 1. The number of aryl methyl sites for hydroxylation is 2. The number of halogens is 1. The Morgan fingerprint density at radius 3 is 2.71 bits per heavy atom. The van der Waals surface area contributed by atoms with Gasteiger partial charge < -0.3 is 9.84 Å². The van der Waals surface area contributed by atoms with Crippen LogP contribution in [0.25, 0.3) is 0 Å². The number of carboxylic acids is 1. The second-order valence-corrected chi connectivity index (χ2v) is 4.45. The van der Waals surface area contributed by atoms with E-state index >= 15 is 0 Å². The first kappa shape index (κ1) is 13.8. The summed E-state index contributed by atoms with van der Waals surface area (Å²) >= 11 is 5.99. The van der Waals surface area contributed by atoms with Gasteiger partial charge in [-0.05, 0) is 49.4 Å². The van der Waals surface area contributed by atoms with Crippen molar-refractivity contribution in [3.8, 4) is 5.75 Å². The highest BCUT2D eigenvalue weighted by Gasteiger charge is 2.08. The fourth-order valence-corrected chi connectivity index (χ4v) is 2.16. The summed E-state index contributed by atoms with van der Waals surface area (Å²) in [5, 5.41) is 9.25. The molecule has 0 atom stereocenters. The molecule has 0 radical (unpaired) electrons. The highest BCUT2D eigenvalue weighted by Crippen LogP contribution is 2.28. The number of methoxy groups -OCH3 is 1. The van der Waals surface area contributed by atoms with Crippen molar-refractivity contribution in [3.63, 3.8) is 0 Å². The van der Waals surface area contributed by atoms with Gasteiger partial charge in [0.15, 0.2) is 0 Å². The predicted octanol–water partition coefficient (Wildman–Crippen LogP) is 3.45. The van der Waals surface area contributed by atoms with Crippen LogP contribution in [-0.2, 0) is 11.2 Å². The van der Waals surface area contributed by atoms with Crippen molar-refractivity contribution in [2.24, 2.45) is 0 Å². The lowest BCUT2D eigenvalue weighted by Crippen LogP contribution is -1.98. The fraction of sp³-hybridized carbons (Fsp3) is 0.462. The average molecular weight is 257 g/mol. The van der Waals surface area contributed by atoms with Crippen LogP contribution >= 0.6 is 11.6 Å². The van der Waals surface area contributed by atoms with E-state index in [1.54, 1.807) is 7.11 Å². The Labute approximate surface area is 106 Å². The first-order valence-corrected chi connectivity index (χ1v) is 5.97. The first-order valence-electron chi connectivity index (χ1n) is 5.59. The van der Waals surface area contributed by atoms with Gasteiger partial charge in [0, 0.05) is 11.4 Å². The molecule has 0 heterocycles. The van der Waals surface area contributed by atoms with Gasteiger partial charge in [-0.3, -0.25) is 4.79 Å². The summed E-state index contributed by atoms with van der Waals surface area (Å²) in [6.45, 7) is 1.95. The number of unbranched alkanes of at least 4 members (excludes halogenated alkanes) is 1. The maximum Gasteiger partial charge on any atom is 0.303 e. The molecule has 0 unspecified atom stereocenters. The van der Waals surface area contributed by atoms with E-state index in [0.717, 1.165) is 29.7 Å². The highest BCUT2D eigenvalue weighted by molar-refractivity contribution is 6.30. The van der Waals surface area contributed by atoms with Crippen molar-refractivity contribution in [2.45, 2.75) is 32.6 Å². The van der Waals surface area contributed by atoms with Crippen LogP contribution in [0, 0.1) is 6.92 Å². The molecule has 0 saturated carbocycles. The van der Waals surface area contributed by atoms with Gasteiger partial charge in [0.25, 0.3) is 0 Å². The molecule has 0 spiro atoms. The van der Waals surface area contributed by atoms with Gasteiger partial charge in [-0.2, -0.15) is 0 Å². The molecule has 1 aromatic carbocycles. The summed E-state index contributed by atoms with van der Waals surface area (Å²) in [5.74, 6) is 0.101. The zero-order chi connectivity index (χ0) is 12.8. The summed E-state index contributed by atoms with van der Waals surface area (Å²) in [7, 11) is 1.64. The third kappa shape index (κ3) is 4.27. The lowest BCUT2D eigenvalue weighted by atomic mass is 10.0. The van der Waals surface area contributed by atoms with Crippen LogP contribution in [0.15, 0.2) is 12.1 Å². The van der Waals surface area contributed by atoms with E-state index in [0.29, 0.717) is 11.4 Å². The van der Waals surface area contributed by atoms with Gasteiger partial charge >= 0.3 is 5.97 Å². The minimum absolute atomic E-state index is 0.210. The lowest BCUT2D eigenvalue weighted by molar-refractivity contribution is -0.137. The monoisotopic (exact) mass is 256 g/mol. The molecule has 94 valence electrons. The van der Waals surface area contributed by atoms with Crippen LogP contribution in [-0.4, -0.2) is 18.2 Å². The molecule has 17 heavy (non-hydrogen) atoms. The van der Waals surface area contributed by atoms with Gasteiger partial charge in [-0.15, -0.1) is 0 Å². The zero-order valence-corrected chi connectivity index (χ0v) is 10.9. The Kier molecular flexibility index (Phi) is 5.29. The number of hydrogen-bond donors (Lipinski definition) is 1. The zero-order valence-electron chi connectivity index (χ0n) is 10.1. The number of carboxylic acid groups (broad SMARTS) is 1. The number of aliphatic carboxylic acids is 1. The summed E-state index contributed by atoms with van der Waals surface area (Å²) in [5.41, 5.74) is 2.05. The molecule has 1 aromatic rings. The van der Waals surface area contributed by atoms with Crippen LogP contribution in [0.4, 0.5) is 0 Å². The van der Waals surface area contributed by atoms with Crippen molar-refractivity contribution >= 4 is 17.6 Å². The average Bonchev–Trinajstić information content (AvgIpc) is 2.23. The normalized spacial score (nSPS) is 10.3. The standard InChI is InChI=1S/C13H17ClO3/c1-9-7-11(14)8-10(13(9)17-2)5-3-4-6-12(15)16/h7-8H,3-6H2,1-2H3,(H,15,16). The Bertz CT molecular complexity index is 402. The van der Waals surface area contributed by atoms with Crippen LogP contribution < -0.4 is 4.74 Å². The van der Waals surface area contributed by atoms with Gasteiger partial charge in [-0.25, -0.2) is 0 Å². The Morgan fingerprint density at radius 1 is 1.41 bits per heavy atom. The topological polar surface area (TPSA) is 46.5 Å². The molecular formula is C13H17ClO3. The molecule has 3 nitrogen and oxygen atoms in total. The van der Waals surface area contributed by atoms with E-state index < -0.39 is 5.97 Å². The van der Waals surface area contributed by atoms with Crippen LogP contribution in [0.3, 0.4) is 0 Å². The molecule has 4 heteroatoms. The summed E-state index contributed by atoms with van der Waals surface area (Å²) in [4.78, 5) is 10.4. The first-order chi connectivity index (χ1) is 8.04. The van der Waals surface area contributed by atoms with E-state index in [2.05, 4.69) is 0 Å². The summed E-state index contributed by atoms with van der Waals surface area (Å²) < 4.78 is 5.33. The van der Waals surface area contributed by atoms with Gasteiger partial charge in [0.1, 0.15) is 5.75 Å². The molecule has 0 aliphatic carbocycles. The lowest BCUT2D eigenvalue weighted by Gasteiger charge is -2.11. The maximum atomic E-state index is 10.4. The van der Waals surface area contributed by atoms with E-state index in [1.165, 1.54) is 0 Å². The second-order valence-electron chi connectivity index (χ2n) is 4.02. The van der Waals surface area contributed by atoms with Gasteiger partial charge in [0.05, 0.1) is 7.11 Å². The summed E-state index contributed by atoms with van der Waals surface area (Å²) in [6, 6.07) is 3.75. The molecule has 0 aromatic heterocycles. The van der Waals surface area contributed by atoms with E-state index in [4.69, 9.17) is 21.4 Å². The predicted molar refractivity (Wildman–Crippen MR) is 67.9 cm³/mol.